The molecule has 0 bridgehead atoms. The molecule has 2 aromatic carbocycles. The molecule has 1 heterocycles. The van der Waals surface area contributed by atoms with Gasteiger partial charge in [0.2, 0.25) is 5.91 Å². The van der Waals surface area contributed by atoms with Gasteiger partial charge in [-0.25, -0.2) is 4.98 Å². The highest BCUT2D eigenvalue weighted by Crippen LogP contribution is 2.29. The highest BCUT2D eigenvalue weighted by molar-refractivity contribution is 7.99. The number of para-hydroxylation sites is 1. The molecule has 1 amide bonds. The number of nitrogens with one attached hydrogen (secondary N) is 1. The molecular weight excluding hydrogens is 444 g/mol. The Balaban J connectivity index is 1.48. The quantitative estimate of drug-likeness (QED) is 0.345. The van der Waals surface area contributed by atoms with Crippen LogP contribution < -0.4 is 10.9 Å². The highest BCUT2D eigenvalue weighted by Gasteiger charge is 2.22. The third-order valence-electron chi connectivity index (χ3n) is 6.61. The first-order valence-corrected chi connectivity index (χ1v) is 13.3. The van der Waals surface area contributed by atoms with Gasteiger partial charge in [0.1, 0.15) is 0 Å². The third kappa shape index (κ3) is 5.70. The molecule has 1 atom stereocenters. The summed E-state index contributed by atoms with van der Waals surface area (Å²) in [6.07, 6.45) is 3.96. The van der Waals surface area contributed by atoms with Crippen molar-refractivity contribution >= 4 is 28.6 Å². The molecule has 0 saturated heterocycles. The van der Waals surface area contributed by atoms with Crippen molar-refractivity contribution in [2.24, 2.45) is 0 Å². The Kier molecular flexibility index (Phi) is 8.40. The van der Waals surface area contributed by atoms with Crippen LogP contribution in [0.15, 0.2) is 58.5 Å². The Morgan fingerprint density at radius 1 is 1.15 bits per heavy atom. The predicted molar refractivity (Wildman–Crippen MR) is 139 cm³/mol. The molecule has 1 N–H and O–H groups in total. The molecule has 0 fully saturated rings. The summed E-state index contributed by atoms with van der Waals surface area (Å²) in [5.74, 6) is 0.211. The summed E-state index contributed by atoms with van der Waals surface area (Å²) < 4.78 is 1.75. The number of rotatable bonds is 10. The molecule has 1 aliphatic carbocycles. The number of carbonyl (C=O) groups is 1. The summed E-state index contributed by atoms with van der Waals surface area (Å²) in [4.78, 5) is 33.3. The van der Waals surface area contributed by atoms with Crippen molar-refractivity contribution in [2.75, 3.05) is 25.4 Å². The van der Waals surface area contributed by atoms with E-state index in [9.17, 15) is 9.59 Å². The molecule has 7 heteroatoms. The number of thioether (sulfide) groups is 1. The van der Waals surface area contributed by atoms with Crippen LogP contribution in [-0.4, -0.2) is 45.7 Å². The minimum Gasteiger partial charge on any atom is -0.349 e. The van der Waals surface area contributed by atoms with Crippen molar-refractivity contribution in [3.05, 3.63) is 70.0 Å². The Hall–Kier alpha value is -2.64. The van der Waals surface area contributed by atoms with E-state index in [0.717, 1.165) is 45.3 Å². The lowest BCUT2D eigenvalue weighted by Gasteiger charge is -2.26. The zero-order chi connectivity index (χ0) is 23.9. The van der Waals surface area contributed by atoms with Crippen LogP contribution in [0, 0.1) is 0 Å². The molecule has 3 aromatic rings. The van der Waals surface area contributed by atoms with E-state index in [2.05, 4.69) is 42.3 Å². The van der Waals surface area contributed by atoms with Gasteiger partial charge in [-0.3, -0.25) is 14.2 Å². The molecule has 6 nitrogen and oxygen atoms in total. The van der Waals surface area contributed by atoms with E-state index >= 15 is 0 Å². The van der Waals surface area contributed by atoms with E-state index in [1.165, 1.54) is 22.9 Å². The van der Waals surface area contributed by atoms with Crippen LogP contribution in [0.1, 0.15) is 50.3 Å². The number of benzene rings is 2. The molecule has 4 rings (SSSR count). The Morgan fingerprint density at radius 2 is 1.91 bits per heavy atom. The molecule has 0 spiro atoms. The zero-order valence-electron chi connectivity index (χ0n) is 20.1. The van der Waals surface area contributed by atoms with Gasteiger partial charge in [-0.05, 0) is 68.6 Å². The summed E-state index contributed by atoms with van der Waals surface area (Å²) >= 11 is 1.35. The minimum atomic E-state index is -0.0331. The van der Waals surface area contributed by atoms with Crippen molar-refractivity contribution < 1.29 is 4.79 Å². The number of hydrogen-bond acceptors (Lipinski definition) is 5. The summed E-state index contributed by atoms with van der Waals surface area (Å²) in [6.45, 7) is 7.81. The molecule has 1 unspecified atom stereocenters. The van der Waals surface area contributed by atoms with E-state index in [-0.39, 0.29) is 23.3 Å². The van der Waals surface area contributed by atoms with Crippen LogP contribution in [0.25, 0.3) is 10.9 Å². The molecule has 180 valence electrons. The fourth-order valence-electron chi connectivity index (χ4n) is 4.72. The van der Waals surface area contributed by atoms with Crippen molar-refractivity contribution in [1.82, 2.24) is 19.8 Å². The average molecular weight is 479 g/mol. The van der Waals surface area contributed by atoms with E-state index in [1.807, 2.05) is 30.3 Å². The smallest absolute Gasteiger partial charge is 0.262 e. The number of amides is 1. The van der Waals surface area contributed by atoms with E-state index < -0.39 is 0 Å². The largest absolute Gasteiger partial charge is 0.349 e. The van der Waals surface area contributed by atoms with E-state index in [1.54, 1.807) is 4.57 Å². The Morgan fingerprint density at radius 3 is 2.74 bits per heavy atom. The molecule has 1 aromatic heterocycles. The van der Waals surface area contributed by atoms with Crippen molar-refractivity contribution in [2.45, 2.75) is 57.3 Å². The van der Waals surface area contributed by atoms with E-state index in [0.29, 0.717) is 22.6 Å². The van der Waals surface area contributed by atoms with Gasteiger partial charge in [0.15, 0.2) is 5.16 Å². The standard InChI is InChI=1S/C27H34N4O2S/c1-3-30(4-2)17-10-18-31-26(33)22-14-7-8-15-24(22)29-27(31)34-19-25(32)28-23-16-9-12-20-11-5-6-13-21(20)23/h5-8,11,13-15,23H,3-4,9-10,12,16-19H2,1-2H3,(H,28,32). The van der Waals surface area contributed by atoms with Gasteiger partial charge < -0.3 is 10.2 Å². The molecule has 34 heavy (non-hydrogen) atoms. The first kappa shape index (κ1) is 24.5. The first-order valence-electron chi connectivity index (χ1n) is 12.3. The fourth-order valence-corrected chi connectivity index (χ4v) is 5.55. The Bertz CT molecular complexity index is 1190. The predicted octanol–water partition coefficient (Wildman–Crippen LogP) is 4.41. The summed E-state index contributed by atoms with van der Waals surface area (Å²) in [7, 11) is 0. The lowest BCUT2D eigenvalue weighted by molar-refractivity contribution is -0.119. The number of nitrogens with zero attached hydrogens (tertiary/aromatic N) is 3. The van der Waals surface area contributed by atoms with Crippen molar-refractivity contribution in [1.29, 1.82) is 0 Å². The van der Waals surface area contributed by atoms with Crippen LogP contribution in [0.3, 0.4) is 0 Å². The first-order chi connectivity index (χ1) is 16.6. The number of aryl methyl sites for hydroxylation is 1. The second-order valence-electron chi connectivity index (χ2n) is 8.75. The second kappa shape index (κ2) is 11.7. The number of carbonyl (C=O) groups excluding carboxylic acids is 1. The number of hydrogen-bond donors (Lipinski definition) is 1. The molecule has 1 aliphatic rings. The summed E-state index contributed by atoms with van der Waals surface area (Å²) in [5, 5.41) is 4.44. The number of aromatic nitrogens is 2. The van der Waals surface area contributed by atoms with Crippen LogP contribution in [-0.2, 0) is 17.8 Å². The maximum Gasteiger partial charge on any atom is 0.262 e. The average Bonchev–Trinajstić information content (AvgIpc) is 2.87. The minimum absolute atomic E-state index is 0.0243. The normalized spacial score (nSPS) is 15.4. The summed E-state index contributed by atoms with van der Waals surface area (Å²) in [6, 6.07) is 15.9. The molecule has 0 radical (unpaired) electrons. The topological polar surface area (TPSA) is 67.2 Å². The van der Waals surface area contributed by atoms with Gasteiger partial charge in [0.25, 0.3) is 5.56 Å². The van der Waals surface area contributed by atoms with Crippen LogP contribution in [0.5, 0.6) is 0 Å². The van der Waals surface area contributed by atoms with Gasteiger partial charge in [-0.1, -0.05) is 62.0 Å². The van der Waals surface area contributed by atoms with Gasteiger partial charge in [0.05, 0.1) is 22.7 Å². The van der Waals surface area contributed by atoms with Gasteiger partial charge in [0, 0.05) is 6.54 Å². The maximum atomic E-state index is 13.3. The molecule has 0 aliphatic heterocycles. The highest BCUT2D eigenvalue weighted by atomic mass is 32.2. The fraction of sp³-hybridized carbons (Fsp3) is 0.444. The lowest BCUT2D eigenvalue weighted by atomic mass is 9.88. The summed E-state index contributed by atoms with van der Waals surface area (Å²) in [5.41, 5.74) is 3.19. The number of fused-ring (bicyclic) bond motifs is 2. The molecular formula is C27H34N4O2S. The molecule has 0 saturated carbocycles. The van der Waals surface area contributed by atoms with Crippen molar-refractivity contribution in [3.63, 3.8) is 0 Å². The van der Waals surface area contributed by atoms with Crippen LogP contribution in [0.4, 0.5) is 0 Å². The van der Waals surface area contributed by atoms with Crippen LogP contribution >= 0.6 is 11.8 Å². The van der Waals surface area contributed by atoms with Gasteiger partial charge in [-0.15, -0.1) is 0 Å². The Labute approximate surface area is 205 Å². The van der Waals surface area contributed by atoms with Gasteiger partial charge in [-0.2, -0.15) is 0 Å². The van der Waals surface area contributed by atoms with Crippen LogP contribution in [0.2, 0.25) is 0 Å². The SMILES string of the molecule is CCN(CC)CCCn1c(SCC(=O)NC2CCCc3ccccc32)nc2ccccc2c1=O. The third-order valence-corrected chi connectivity index (χ3v) is 7.59. The van der Waals surface area contributed by atoms with Gasteiger partial charge >= 0.3 is 0 Å². The van der Waals surface area contributed by atoms with Crippen molar-refractivity contribution in [3.8, 4) is 0 Å². The lowest BCUT2D eigenvalue weighted by Crippen LogP contribution is -2.32. The van der Waals surface area contributed by atoms with E-state index in [4.69, 9.17) is 4.98 Å². The maximum absolute atomic E-state index is 13.3. The monoisotopic (exact) mass is 478 g/mol. The second-order valence-corrected chi connectivity index (χ2v) is 9.69. The zero-order valence-corrected chi connectivity index (χ0v) is 20.9.